The van der Waals surface area contributed by atoms with Gasteiger partial charge in [0.1, 0.15) is 45.6 Å². The molecule has 1 saturated heterocycles. The second kappa shape index (κ2) is 9.40. The first-order valence-electron chi connectivity index (χ1n) is 8.92. The minimum atomic E-state index is -1.25. The highest BCUT2D eigenvalue weighted by atomic mass is 35.5. The van der Waals surface area contributed by atoms with Crippen molar-refractivity contribution in [2.45, 2.75) is 34.7 Å². The summed E-state index contributed by atoms with van der Waals surface area (Å²) in [6.07, 6.45) is -1.90. The summed E-state index contributed by atoms with van der Waals surface area (Å²) in [6, 6.07) is 5.84. The van der Waals surface area contributed by atoms with Crippen LogP contribution in [0.25, 0.3) is 10.7 Å². The highest BCUT2D eigenvalue weighted by molar-refractivity contribution is 7.99. The van der Waals surface area contributed by atoms with Gasteiger partial charge in [-0.25, -0.2) is 9.67 Å². The van der Waals surface area contributed by atoms with E-state index in [0.29, 0.717) is 31.3 Å². The molecular weight excluding hydrogens is 485 g/mol. The van der Waals surface area contributed by atoms with E-state index in [1.807, 2.05) is 6.07 Å². The molecule has 1 aliphatic heterocycles. The summed E-state index contributed by atoms with van der Waals surface area (Å²) in [7, 11) is 0. The molecule has 0 bridgehead atoms. The maximum absolute atomic E-state index is 11.0. The average molecular weight is 500 g/mol. The van der Waals surface area contributed by atoms with Gasteiger partial charge in [0.2, 0.25) is 0 Å². The molecule has 0 unspecified atom stereocenters. The van der Waals surface area contributed by atoms with Crippen LogP contribution in [0.5, 0.6) is 0 Å². The fraction of sp³-hybridized carbons (Fsp3) is 0.333. The molecule has 1 aromatic carbocycles. The standard InChI is InChI=1S/C18H15Cl2N5O4S2/c19-9-1-8(4-21)2-10(3-9)31-18-16(28)14(15(27)12(6-26)29-18)25-5-11(23-24-25)17-22-13(20)7-30-17/h1-3,5,7,12,14-16,18,26-28H,6H2/t12-,14+,15+,16-,18-/m1/s1. The minimum Gasteiger partial charge on any atom is -0.394 e. The van der Waals surface area contributed by atoms with Gasteiger partial charge in [0, 0.05) is 15.3 Å². The fourth-order valence-corrected chi connectivity index (χ4v) is 5.55. The van der Waals surface area contributed by atoms with Crippen molar-refractivity contribution in [3.63, 3.8) is 0 Å². The van der Waals surface area contributed by atoms with Crippen LogP contribution in [0.1, 0.15) is 11.6 Å². The van der Waals surface area contributed by atoms with E-state index >= 15 is 0 Å². The number of nitriles is 1. The zero-order valence-electron chi connectivity index (χ0n) is 15.5. The summed E-state index contributed by atoms with van der Waals surface area (Å²) >= 11 is 14.3. The smallest absolute Gasteiger partial charge is 0.147 e. The van der Waals surface area contributed by atoms with Gasteiger partial charge in [-0.05, 0) is 18.2 Å². The lowest BCUT2D eigenvalue weighted by Gasteiger charge is -2.41. The number of benzene rings is 1. The van der Waals surface area contributed by atoms with Crippen molar-refractivity contribution in [2.75, 3.05) is 6.61 Å². The Hall–Kier alpha value is -1.75. The van der Waals surface area contributed by atoms with Crippen LogP contribution in [0.3, 0.4) is 0 Å². The molecule has 13 heteroatoms. The lowest BCUT2D eigenvalue weighted by atomic mass is 9.97. The topological polar surface area (TPSA) is 137 Å². The van der Waals surface area contributed by atoms with Crippen LogP contribution in [0.2, 0.25) is 10.2 Å². The Labute approximate surface area is 194 Å². The summed E-state index contributed by atoms with van der Waals surface area (Å²) in [6.45, 7) is -0.468. The van der Waals surface area contributed by atoms with Crippen molar-refractivity contribution in [1.82, 2.24) is 20.0 Å². The van der Waals surface area contributed by atoms with Crippen LogP contribution in [-0.4, -0.2) is 65.7 Å². The molecule has 162 valence electrons. The normalized spacial score (nSPS) is 26.0. The molecule has 2 aromatic heterocycles. The summed E-state index contributed by atoms with van der Waals surface area (Å²) in [5.41, 5.74) is -0.0859. The Kier molecular flexibility index (Phi) is 6.80. The van der Waals surface area contributed by atoms with E-state index < -0.39 is 36.4 Å². The lowest BCUT2D eigenvalue weighted by Crippen LogP contribution is -2.55. The molecule has 1 fully saturated rings. The number of nitrogens with zero attached hydrogens (tertiary/aromatic N) is 5. The highest BCUT2D eigenvalue weighted by Crippen LogP contribution is 2.39. The Bertz CT molecular complexity index is 1120. The monoisotopic (exact) mass is 499 g/mol. The average Bonchev–Trinajstić information content (AvgIpc) is 3.39. The quantitative estimate of drug-likeness (QED) is 0.482. The number of aliphatic hydroxyl groups excluding tert-OH is 3. The van der Waals surface area contributed by atoms with E-state index in [9.17, 15) is 15.3 Å². The van der Waals surface area contributed by atoms with Gasteiger partial charge in [-0.3, -0.25) is 0 Å². The second-order valence-corrected chi connectivity index (χ2v) is 9.52. The first kappa shape index (κ1) is 22.4. The van der Waals surface area contributed by atoms with Gasteiger partial charge >= 0.3 is 0 Å². The third kappa shape index (κ3) is 4.72. The molecule has 1 aliphatic rings. The number of ether oxygens (including phenoxy) is 1. The number of halogens is 2. The van der Waals surface area contributed by atoms with E-state index in [1.165, 1.54) is 22.1 Å². The van der Waals surface area contributed by atoms with E-state index in [2.05, 4.69) is 15.3 Å². The van der Waals surface area contributed by atoms with Crippen LogP contribution < -0.4 is 0 Å². The fourth-order valence-electron chi connectivity index (χ4n) is 3.20. The summed E-state index contributed by atoms with van der Waals surface area (Å²) in [4.78, 5) is 4.73. The highest BCUT2D eigenvalue weighted by Gasteiger charge is 2.46. The number of thiazole rings is 1. The van der Waals surface area contributed by atoms with Crippen molar-refractivity contribution in [3.8, 4) is 16.8 Å². The van der Waals surface area contributed by atoms with Crippen molar-refractivity contribution >= 4 is 46.3 Å². The van der Waals surface area contributed by atoms with Gasteiger partial charge < -0.3 is 20.1 Å². The predicted octanol–water partition coefficient (Wildman–Crippen LogP) is 2.35. The first-order chi connectivity index (χ1) is 14.9. The molecule has 3 heterocycles. The van der Waals surface area contributed by atoms with Crippen molar-refractivity contribution < 1.29 is 20.1 Å². The SMILES string of the molecule is N#Cc1cc(Cl)cc(S[C@H]2O[C@H](CO)[C@H](O)[C@H](n3cc(-c4nc(Cl)cs4)nn3)[C@H]2O)c1. The maximum atomic E-state index is 11.0. The zero-order valence-corrected chi connectivity index (χ0v) is 18.7. The molecule has 5 atom stereocenters. The number of hydrogen-bond acceptors (Lipinski definition) is 10. The molecule has 0 radical (unpaired) electrons. The molecule has 31 heavy (non-hydrogen) atoms. The van der Waals surface area contributed by atoms with Gasteiger partial charge in [-0.1, -0.05) is 40.2 Å². The summed E-state index contributed by atoms with van der Waals surface area (Å²) in [5, 5.41) is 51.5. The predicted molar refractivity (Wildman–Crippen MR) is 115 cm³/mol. The van der Waals surface area contributed by atoms with Gasteiger partial charge in [-0.2, -0.15) is 5.26 Å². The number of hydrogen-bond donors (Lipinski definition) is 3. The van der Waals surface area contributed by atoms with Crippen LogP contribution in [0.4, 0.5) is 0 Å². The van der Waals surface area contributed by atoms with E-state index in [-0.39, 0.29) is 0 Å². The Morgan fingerprint density at radius 2 is 2.06 bits per heavy atom. The number of rotatable bonds is 5. The molecule has 4 rings (SSSR count). The van der Waals surface area contributed by atoms with Crippen molar-refractivity contribution in [1.29, 1.82) is 5.26 Å². The minimum absolute atomic E-state index is 0.329. The van der Waals surface area contributed by atoms with E-state index in [4.69, 9.17) is 33.2 Å². The van der Waals surface area contributed by atoms with Crippen molar-refractivity contribution in [2.24, 2.45) is 0 Å². The molecule has 0 spiro atoms. The molecular formula is C18H15Cl2N5O4S2. The van der Waals surface area contributed by atoms with Crippen LogP contribution in [-0.2, 0) is 4.74 Å². The van der Waals surface area contributed by atoms with E-state index in [1.54, 1.807) is 23.7 Å². The number of aliphatic hydroxyl groups is 3. The number of aromatic nitrogens is 4. The molecule has 0 amide bonds. The molecule has 3 N–H and O–H groups in total. The third-order valence-electron chi connectivity index (χ3n) is 4.61. The lowest BCUT2D eigenvalue weighted by molar-refractivity contribution is -0.178. The third-order valence-corrected chi connectivity index (χ3v) is 7.15. The molecule has 3 aromatic rings. The van der Waals surface area contributed by atoms with Gasteiger partial charge in [0.05, 0.1) is 24.4 Å². The van der Waals surface area contributed by atoms with Crippen LogP contribution in [0, 0.1) is 11.3 Å². The summed E-state index contributed by atoms with van der Waals surface area (Å²) < 4.78 is 7.05. The van der Waals surface area contributed by atoms with Crippen LogP contribution >= 0.6 is 46.3 Å². The maximum Gasteiger partial charge on any atom is 0.147 e. The molecule has 9 nitrogen and oxygen atoms in total. The Morgan fingerprint density at radius 3 is 2.74 bits per heavy atom. The second-order valence-electron chi connectivity index (χ2n) is 6.66. The molecule has 0 aliphatic carbocycles. The largest absolute Gasteiger partial charge is 0.394 e. The number of thioether (sulfide) groups is 1. The Balaban J connectivity index is 1.62. The summed E-state index contributed by atoms with van der Waals surface area (Å²) in [5.74, 6) is 0. The first-order valence-corrected chi connectivity index (χ1v) is 11.4. The van der Waals surface area contributed by atoms with Gasteiger partial charge in [0.15, 0.2) is 0 Å². The zero-order chi connectivity index (χ0) is 22.1. The molecule has 0 saturated carbocycles. The van der Waals surface area contributed by atoms with Crippen LogP contribution in [0.15, 0.2) is 34.7 Å². The van der Waals surface area contributed by atoms with E-state index in [0.717, 1.165) is 11.8 Å². The van der Waals surface area contributed by atoms with Gasteiger partial charge in [0.25, 0.3) is 0 Å². The van der Waals surface area contributed by atoms with Gasteiger partial charge in [-0.15, -0.1) is 16.4 Å². The Morgan fingerprint density at radius 1 is 1.26 bits per heavy atom. The van der Waals surface area contributed by atoms with Crippen molar-refractivity contribution in [3.05, 3.63) is 45.5 Å².